The SMILES string of the molecule is CC(C)[C@@H]1NC(=O)[C@H](Cc2ccccc2)NC(=O)CSC[C@@H](C(=O)NCC(N)=O)NC(=O)[C@H](Cc2cncn2C)NC(=O)[C@H](CCCNC(=N)N)NC(=O)[C@H](Cc2cnc[nH]2)NC(=O)[C@H](Cc2ccc(O)cc2)N(C)C(=O)[C@H](CCCNC(=N)N)NC(=O)[C@H](CO)NC(=O)CNC(=O)[C@H](Cc2cnc[nH]2)NC(=O)[C@H](Cc2c[nH]c3ccccc23)NC1=O. The number of H-pyrrole nitrogens is 3. The van der Waals surface area contributed by atoms with Crippen LogP contribution in [0.4, 0.5) is 0 Å². The molecule has 0 bridgehead atoms. The second-order valence-corrected chi connectivity index (χ2v) is 30.3. The third kappa shape index (κ3) is 29.2. The summed E-state index contributed by atoms with van der Waals surface area (Å²) in [5.74, 6) is -16.4. The molecule has 5 heterocycles. The number of hydrogen-bond acceptors (Lipinski definition) is 22. The summed E-state index contributed by atoms with van der Waals surface area (Å²) in [6, 6.07) is 3.52. The number of likely N-dealkylation sites (N-methyl/N-ethyl adjacent to an activating group) is 1. The molecule has 4 aromatic heterocycles. The van der Waals surface area contributed by atoms with Crippen LogP contribution in [0.2, 0.25) is 0 Å². The van der Waals surface area contributed by atoms with E-state index in [0.29, 0.717) is 39.0 Å². The van der Waals surface area contributed by atoms with Crippen LogP contribution in [0.25, 0.3) is 10.9 Å². The van der Waals surface area contributed by atoms with E-state index in [-0.39, 0.29) is 88.7 Å². The van der Waals surface area contributed by atoms with Gasteiger partial charge in [0.15, 0.2) is 11.9 Å². The molecule has 0 radical (unpaired) electrons. The fraction of sp³-hybridized carbons (Fsp3) is 0.423. The first-order valence-electron chi connectivity index (χ1n) is 39.1. The molecule has 27 N–H and O–H groups in total. The topological polar surface area (TPSA) is 668 Å². The zero-order valence-corrected chi connectivity index (χ0v) is 68.3. The molecule has 654 valence electrons. The van der Waals surface area contributed by atoms with E-state index in [1.807, 2.05) is 0 Å². The van der Waals surface area contributed by atoms with Crippen molar-refractivity contribution in [1.82, 2.24) is 114 Å². The minimum atomic E-state index is -1.86. The predicted molar refractivity (Wildman–Crippen MR) is 444 cm³/mol. The normalized spacial score (nSPS) is 21.8. The molecule has 1 aliphatic heterocycles. The van der Waals surface area contributed by atoms with Crippen LogP contribution in [0.3, 0.4) is 0 Å². The molecule has 44 heteroatoms. The van der Waals surface area contributed by atoms with Gasteiger partial charge in [-0.1, -0.05) is 74.5 Å². The molecular formula is C78H105N27O16S. The van der Waals surface area contributed by atoms with Crippen molar-refractivity contribution in [2.24, 2.45) is 30.2 Å². The molecule has 1 fully saturated rings. The zero-order chi connectivity index (χ0) is 88.5. The van der Waals surface area contributed by atoms with Crippen molar-refractivity contribution in [3.05, 3.63) is 156 Å². The summed E-state index contributed by atoms with van der Waals surface area (Å²) in [4.78, 5) is 227. The number of phenols is 1. The number of fused-ring (bicyclic) bond motifs is 1. The number of imidazole rings is 3. The van der Waals surface area contributed by atoms with E-state index < -0.39 is 198 Å². The number of aromatic nitrogens is 7. The first kappa shape index (κ1) is 93.6. The van der Waals surface area contributed by atoms with Gasteiger partial charge in [0.2, 0.25) is 82.7 Å². The number of para-hydroxylation sites is 1. The summed E-state index contributed by atoms with van der Waals surface area (Å²) in [6.07, 6.45) is 7.50. The van der Waals surface area contributed by atoms with E-state index in [1.54, 1.807) is 81.7 Å². The van der Waals surface area contributed by atoms with Crippen molar-refractivity contribution >= 4 is 117 Å². The lowest BCUT2D eigenvalue weighted by molar-refractivity contribution is -0.143. The molecule has 7 aromatic rings. The maximum absolute atomic E-state index is 15.4. The highest BCUT2D eigenvalue weighted by Gasteiger charge is 2.40. The van der Waals surface area contributed by atoms with Gasteiger partial charge in [-0.3, -0.25) is 77.9 Å². The maximum Gasteiger partial charge on any atom is 0.245 e. The fourth-order valence-electron chi connectivity index (χ4n) is 13.1. The lowest BCUT2D eigenvalue weighted by Crippen LogP contribution is -2.61. The maximum atomic E-state index is 15.4. The molecule has 1 saturated heterocycles. The van der Waals surface area contributed by atoms with E-state index in [9.17, 15) is 48.6 Å². The summed E-state index contributed by atoms with van der Waals surface area (Å²) < 4.78 is 1.53. The average molecular weight is 1710 g/mol. The van der Waals surface area contributed by atoms with Gasteiger partial charge in [0.25, 0.3) is 0 Å². The van der Waals surface area contributed by atoms with Crippen molar-refractivity contribution in [1.29, 1.82) is 10.8 Å². The van der Waals surface area contributed by atoms with Crippen molar-refractivity contribution in [2.45, 2.75) is 145 Å². The zero-order valence-electron chi connectivity index (χ0n) is 67.5. The standard InChI is InChI=1S/C78H105N27O16S/c1-42(2)65-75(120)101-55(26-45-30-89-51-15-9-8-14-50(45)51)69(114)98-56(27-46-31-84-39-92-46)66(111)91-35-63(109)95-59(36-106)73(118)97-53(17-11-23-88-78(82)83)76(121)105(4)61(25-44-18-20-49(107)21-19-44)74(119)100-57(28-47-32-85-40-93-47)70(115)96-52(16-10-22-87-77(80)81)68(113)99-58(29-48-33-86-41-104(48)3)71(116)102-60(67(112)90-34-62(79)108)37-122-38-64(110)94-54(72(117)103-65)24-43-12-6-5-7-13-43/h5-9,12-15,18-21,30-33,39-42,52-61,65,89,106-107H,10-11,16-17,22-29,34-38H2,1-4H3,(H2,79,108)(H,84,92)(H,85,93)(H,90,112)(H,91,111)(H,94,110)(H,95,109)(H,96,115)(H,97,118)(H,98,114)(H,99,113)(H,100,119)(H,101,120)(H,102,116)(H,103,117)(H4,80,81,87)(H4,82,83,88)/t52-,53-,54-,55-,56-,57-,58-,59-,60-,61-,65-/m0/s1. The van der Waals surface area contributed by atoms with Crippen molar-refractivity contribution in [2.75, 3.05) is 51.3 Å². The number of guanidine groups is 2. The second kappa shape index (κ2) is 46.4. The van der Waals surface area contributed by atoms with Gasteiger partial charge in [-0.25, -0.2) is 15.0 Å². The third-order valence-corrected chi connectivity index (χ3v) is 20.7. The number of amides is 14. The van der Waals surface area contributed by atoms with Gasteiger partial charge in [0.05, 0.1) is 44.4 Å². The van der Waals surface area contributed by atoms with Crippen LogP contribution < -0.4 is 91.6 Å². The van der Waals surface area contributed by atoms with Crippen LogP contribution in [0.5, 0.6) is 5.75 Å². The molecular weight excluding hydrogens is 1600 g/mol. The highest BCUT2D eigenvalue weighted by molar-refractivity contribution is 8.00. The Morgan fingerprint density at radius 2 is 1.07 bits per heavy atom. The Balaban J connectivity index is 1.19. The van der Waals surface area contributed by atoms with E-state index in [4.69, 9.17) is 28.0 Å². The van der Waals surface area contributed by atoms with Crippen LogP contribution >= 0.6 is 11.8 Å². The quantitative estimate of drug-likeness (QED) is 0.0144. The van der Waals surface area contributed by atoms with E-state index in [2.05, 4.69) is 104 Å². The number of aliphatic hydroxyl groups is 1. The molecule has 14 amide bonds. The van der Waals surface area contributed by atoms with Crippen LogP contribution in [0.1, 0.15) is 73.3 Å². The first-order valence-corrected chi connectivity index (χ1v) is 40.2. The molecule has 1 aliphatic rings. The summed E-state index contributed by atoms with van der Waals surface area (Å²) in [5, 5.41) is 73.9. The van der Waals surface area contributed by atoms with Gasteiger partial charge in [-0.2, -0.15) is 0 Å². The lowest BCUT2D eigenvalue weighted by Gasteiger charge is -2.33. The summed E-state index contributed by atoms with van der Waals surface area (Å²) in [5.41, 5.74) is 19.7. The molecule has 0 spiro atoms. The minimum Gasteiger partial charge on any atom is -0.508 e. The Morgan fingerprint density at radius 3 is 1.66 bits per heavy atom. The number of aliphatic hydroxyl groups excluding tert-OH is 1. The molecule has 8 rings (SSSR count). The number of aromatic amines is 3. The van der Waals surface area contributed by atoms with Gasteiger partial charge < -0.3 is 126 Å². The molecule has 0 aliphatic carbocycles. The number of nitrogens with two attached hydrogens (primary N) is 3. The Bertz CT molecular complexity index is 4780. The Hall–Kier alpha value is -13.9. The number of carbonyl (C=O) groups excluding carboxylic acids is 14. The van der Waals surface area contributed by atoms with E-state index in [1.165, 1.54) is 73.5 Å². The van der Waals surface area contributed by atoms with Gasteiger partial charge in [-0.05, 0) is 66.5 Å². The molecule has 3 aromatic carbocycles. The van der Waals surface area contributed by atoms with Crippen LogP contribution in [-0.4, -0.2) is 262 Å². The first-order chi connectivity index (χ1) is 58.3. The highest BCUT2D eigenvalue weighted by Crippen LogP contribution is 2.22. The van der Waals surface area contributed by atoms with Crippen molar-refractivity contribution in [3.8, 4) is 5.75 Å². The van der Waals surface area contributed by atoms with Crippen LogP contribution in [0.15, 0.2) is 123 Å². The van der Waals surface area contributed by atoms with Gasteiger partial charge >= 0.3 is 0 Å². The number of nitrogens with one attached hydrogen (secondary N) is 19. The van der Waals surface area contributed by atoms with Crippen molar-refractivity contribution < 1.29 is 77.3 Å². The third-order valence-electron chi connectivity index (χ3n) is 19.6. The van der Waals surface area contributed by atoms with Crippen molar-refractivity contribution in [3.63, 3.8) is 0 Å². The molecule has 0 saturated carbocycles. The summed E-state index contributed by atoms with van der Waals surface area (Å²) in [7, 11) is 2.81. The highest BCUT2D eigenvalue weighted by atomic mass is 32.2. The van der Waals surface area contributed by atoms with Crippen LogP contribution in [0, 0.1) is 16.7 Å². The van der Waals surface area contributed by atoms with E-state index in [0.717, 1.165) is 16.7 Å². The number of primary amides is 1. The predicted octanol–water partition coefficient (Wildman–Crippen LogP) is -5.88. The van der Waals surface area contributed by atoms with E-state index >= 15 is 28.8 Å². The molecule has 43 nitrogen and oxygen atoms in total. The van der Waals surface area contributed by atoms with Crippen LogP contribution in [-0.2, 0) is 113 Å². The number of benzene rings is 3. The average Bonchev–Trinajstić information content (AvgIpc) is 1.62. The number of carbonyl (C=O) groups is 14. The smallest absolute Gasteiger partial charge is 0.245 e. The fourth-order valence-corrected chi connectivity index (χ4v) is 13.9. The molecule has 11 atom stereocenters. The monoisotopic (exact) mass is 1710 g/mol. The number of thioether (sulfide) groups is 1. The summed E-state index contributed by atoms with van der Waals surface area (Å²) >= 11 is 0.796. The van der Waals surface area contributed by atoms with Gasteiger partial charge in [0, 0.05) is 124 Å². The van der Waals surface area contributed by atoms with Gasteiger partial charge in [0.1, 0.15) is 72.2 Å². The minimum absolute atomic E-state index is 0.00277. The number of hydrogen-bond donors (Lipinski definition) is 24. The largest absolute Gasteiger partial charge is 0.508 e. The number of nitrogens with zero attached hydrogens (tertiary/aromatic N) is 5. The van der Waals surface area contributed by atoms with Gasteiger partial charge in [-0.15, -0.1) is 11.8 Å². The number of aryl methyl sites for hydroxylation is 1. The number of phenolic OH excluding ortho intramolecular Hbond substituents is 1. The number of rotatable bonds is 25. The Labute approximate surface area is 704 Å². The number of aromatic hydroxyl groups is 1. The second-order valence-electron chi connectivity index (χ2n) is 29.3. The Kier molecular flexibility index (Phi) is 35.6. The summed E-state index contributed by atoms with van der Waals surface area (Å²) in [6.45, 7) is 0.437. The molecule has 0 unspecified atom stereocenters. The molecule has 122 heavy (non-hydrogen) atoms. The lowest BCUT2D eigenvalue weighted by atomic mass is 9.99. The Morgan fingerprint density at radius 1 is 0.541 bits per heavy atom.